The Labute approximate surface area is 154 Å². The normalized spacial score (nSPS) is 20.8. The fourth-order valence-corrected chi connectivity index (χ4v) is 3.82. The summed E-state index contributed by atoms with van der Waals surface area (Å²) in [7, 11) is 0. The molecule has 27 heavy (non-hydrogen) atoms. The molecule has 0 saturated carbocycles. The Balaban J connectivity index is 2.02. The number of aliphatic hydroxyl groups is 3. The van der Waals surface area contributed by atoms with Crippen molar-refractivity contribution in [3.63, 3.8) is 0 Å². The lowest BCUT2D eigenvalue weighted by Crippen LogP contribution is -2.41. The van der Waals surface area contributed by atoms with Gasteiger partial charge in [0, 0.05) is 27.8 Å². The lowest BCUT2D eigenvalue weighted by Gasteiger charge is -2.27. The quantitative estimate of drug-likeness (QED) is 0.535. The first kappa shape index (κ1) is 17.7. The van der Waals surface area contributed by atoms with Gasteiger partial charge in [-0.15, -0.1) is 0 Å². The van der Waals surface area contributed by atoms with Crippen molar-refractivity contribution in [1.29, 1.82) is 0 Å². The molecule has 2 aromatic rings. The fourth-order valence-electron chi connectivity index (χ4n) is 3.82. The summed E-state index contributed by atoms with van der Waals surface area (Å²) >= 11 is 0. The van der Waals surface area contributed by atoms with Gasteiger partial charge in [-0.2, -0.15) is 0 Å². The van der Waals surface area contributed by atoms with E-state index >= 15 is 0 Å². The number of hydrogen-bond acceptors (Lipinski definition) is 7. The molecule has 4 N–H and O–H groups in total. The lowest BCUT2D eigenvalue weighted by molar-refractivity contribution is -0.0766. The molecule has 1 aliphatic carbocycles. The van der Waals surface area contributed by atoms with E-state index in [2.05, 4.69) is 0 Å². The Kier molecular flexibility index (Phi) is 3.68. The van der Waals surface area contributed by atoms with Gasteiger partial charge in [0.05, 0.1) is 17.8 Å². The number of aliphatic hydroxyl groups excluding tert-OH is 2. The first-order valence-electron chi connectivity index (χ1n) is 8.46. The molecule has 7 nitrogen and oxygen atoms in total. The maximum atomic E-state index is 13.1. The van der Waals surface area contributed by atoms with E-state index in [4.69, 9.17) is 4.74 Å². The van der Waals surface area contributed by atoms with Gasteiger partial charge in [-0.1, -0.05) is 12.1 Å². The standard InChI is InChI=1S/C20H18O7/c1-20(2,26)19-17(25)14-13-10(6-8(7-21)18(14)27-19)16(24)12-9(15(13)23)4-3-5-11(12)22/h3-6,17,19,21-22,25-26H,7H2,1-2H3/t17-,19-/m0/s1. The highest BCUT2D eigenvalue weighted by Gasteiger charge is 2.48. The number of carbonyl (C=O) groups is 2. The minimum Gasteiger partial charge on any atom is -0.507 e. The number of carbonyl (C=O) groups excluding carboxylic acids is 2. The van der Waals surface area contributed by atoms with Crippen LogP contribution in [0.3, 0.4) is 0 Å². The first-order valence-corrected chi connectivity index (χ1v) is 8.46. The monoisotopic (exact) mass is 370 g/mol. The molecule has 7 heteroatoms. The summed E-state index contributed by atoms with van der Waals surface area (Å²) in [6.45, 7) is 2.42. The SMILES string of the molecule is CC(C)(O)[C@H]1Oc2c(CO)cc3c(c2[C@@H]1O)C(=O)c1cccc(O)c1C3=O. The van der Waals surface area contributed by atoms with Crippen LogP contribution in [0, 0.1) is 0 Å². The molecule has 140 valence electrons. The van der Waals surface area contributed by atoms with Crippen molar-refractivity contribution in [2.45, 2.75) is 38.3 Å². The molecule has 0 bridgehead atoms. The average molecular weight is 370 g/mol. The Bertz CT molecular complexity index is 1000. The summed E-state index contributed by atoms with van der Waals surface area (Å²) in [6.07, 6.45) is -2.44. The summed E-state index contributed by atoms with van der Waals surface area (Å²) in [5.74, 6) is -1.32. The Morgan fingerprint density at radius 3 is 2.41 bits per heavy atom. The van der Waals surface area contributed by atoms with E-state index in [0.717, 1.165) is 0 Å². The maximum Gasteiger partial charge on any atom is 0.198 e. The van der Waals surface area contributed by atoms with Crippen LogP contribution >= 0.6 is 0 Å². The molecule has 2 aromatic carbocycles. The third-order valence-electron chi connectivity index (χ3n) is 5.07. The van der Waals surface area contributed by atoms with Gasteiger partial charge < -0.3 is 25.2 Å². The predicted octanol–water partition coefficient (Wildman–Crippen LogP) is 1.23. The van der Waals surface area contributed by atoms with Crippen molar-refractivity contribution in [2.24, 2.45) is 0 Å². The second-order valence-electron chi connectivity index (χ2n) is 7.35. The van der Waals surface area contributed by atoms with Crippen molar-refractivity contribution < 1.29 is 34.8 Å². The van der Waals surface area contributed by atoms with Gasteiger partial charge >= 0.3 is 0 Å². The molecular formula is C20H18O7. The van der Waals surface area contributed by atoms with Gasteiger partial charge in [0.2, 0.25) is 0 Å². The van der Waals surface area contributed by atoms with Crippen molar-refractivity contribution >= 4 is 11.6 Å². The predicted molar refractivity (Wildman–Crippen MR) is 93.0 cm³/mol. The van der Waals surface area contributed by atoms with Gasteiger partial charge in [-0.25, -0.2) is 0 Å². The van der Waals surface area contributed by atoms with Crippen molar-refractivity contribution in [3.05, 3.63) is 57.6 Å². The van der Waals surface area contributed by atoms with Crippen molar-refractivity contribution in [1.82, 2.24) is 0 Å². The topological polar surface area (TPSA) is 124 Å². The van der Waals surface area contributed by atoms with Gasteiger partial charge in [0.25, 0.3) is 0 Å². The van der Waals surface area contributed by atoms with E-state index < -0.39 is 36.0 Å². The number of phenols is 1. The second kappa shape index (κ2) is 5.63. The van der Waals surface area contributed by atoms with Gasteiger partial charge in [-0.3, -0.25) is 9.59 Å². The van der Waals surface area contributed by atoms with Gasteiger partial charge in [0.1, 0.15) is 17.6 Å². The highest BCUT2D eigenvalue weighted by Crippen LogP contribution is 2.48. The first-order chi connectivity index (χ1) is 12.7. The zero-order valence-corrected chi connectivity index (χ0v) is 14.7. The number of fused-ring (bicyclic) bond motifs is 4. The highest BCUT2D eigenvalue weighted by molar-refractivity contribution is 6.30. The van der Waals surface area contributed by atoms with Gasteiger partial charge in [0.15, 0.2) is 17.7 Å². The third kappa shape index (κ3) is 2.32. The number of rotatable bonds is 2. The molecular weight excluding hydrogens is 352 g/mol. The summed E-state index contributed by atoms with van der Waals surface area (Å²) in [6, 6.07) is 5.54. The number of phenolic OH excluding ortho intramolecular Hbond substituents is 1. The zero-order chi connectivity index (χ0) is 19.7. The Hall–Kier alpha value is -2.74. The molecule has 0 amide bonds. The average Bonchev–Trinajstić information content (AvgIpc) is 2.96. The van der Waals surface area contributed by atoms with Crippen LogP contribution in [-0.4, -0.2) is 43.7 Å². The molecule has 1 aliphatic heterocycles. The smallest absolute Gasteiger partial charge is 0.198 e. The van der Waals surface area contributed by atoms with E-state index in [1.165, 1.54) is 38.1 Å². The molecule has 2 atom stereocenters. The molecule has 0 spiro atoms. The molecule has 0 unspecified atom stereocenters. The summed E-state index contributed by atoms with van der Waals surface area (Å²) in [4.78, 5) is 26.1. The van der Waals surface area contributed by atoms with E-state index in [1.807, 2.05) is 0 Å². The van der Waals surface area contributed by atoms with Crippen molar-refractivity contribution in [2.75, 3.05) is 0 Å². The summed E-state index contributed by atoms with van der Waals surface area (Å²) in [5, 5.41) is 40.9. The second-order valence-corrected chi connectivity index (χ2v) is 7.35. The summed E-state index contributed by atoms with van der Waals surface area (Å²) in [5.41, 5.74) is -1.25. The van der Waals surface area contributed by atoms with Crippen LogP contribution < -0.4 is 4.74 Å². The Morgan fingerprint density at radius 2 is 1.78 bits per heavy atom. The fraction of sp³-hybridized carbons (Fsp3) is 0.300. The van der Waals surface area contributed by atoms with Crippen LogP contribution in [-0.2, 0) is 6.61 Å². The van der Waals surface area contributed by atoms with E-state index in [-0.39, 0.29) is 44.9 Å². The van der Waals surface area contributed by atoms with Crippen LogP contribution in [0.4, 0.5) is 0 Å². The van der Waals surface area contributed by atoms with E-state index in [0.29, 0.717) is 0 Å². The molecule has 0 fully saturated rings. The van der Waals surface area contributed by atoms with Crippen LogP contribution in [0.15, 0.2) is 24.3 Å². The number of benzene rings is 2. The van der Waals surface area contributed by atoms with Crippen LogP contribution in [0.25, 0.3) is 0 Å². The van der Waals surface area contributed by atoms with E-state index in [1.54, 1.807) is 0 Å². The van der Waals surface area contributed by atoms with Crippen LogP contribution in [0.1, 0.15) is 62.9 Å². The highest BCUT2D eigenvalue weighted by atomic mass is 16.5. The Morgan fingerprint density at radius 1 is 1.11 bits per heavy atom. The van der Waals surface area contributed by atoms with E-state index in [9.17, 15) is 30.0 Å². The molecule has 0 saturated heterocycles. The van der Waals surface area contributed by atoms with Gasteiger partial charge in [-0.05, 0) is 26.0 Å². The maximum absolute atomic E-state index is 13.1. The number of hydrogen-bond donors (Lipinski definition) is 4. The molecule has 4 rings (SSSR count). The summed E-state index contributed by atoms with van der Waals surface area (Å²) < 4.78 is 5.69. The molecule has 0 radical (unpaired) electrons. The molecule has 1 heterocycles. The lowest BCUT2D eigenvalue weighted by atomic mass is 9.78. The largest absolute Gasteiger partial charge is 0.507 e. The number of aromatic hydroxyl groups is 1. The number of ketones is 2. The van der Waals surface area contributed by atoms with Crippen LogP contribution in [0.5, 0.6) is 11.5 Å². The minimum absolute atomic E-state index is 0.0177. The van der Waals surface area contributed by atoms with Crippen LogP contribution in [0.2, 0.25) is 0 Å². The van der Waals surface area contributed by atoms with Crippen molar-refractivity contribution in [3.8, 4) is 11.5 Å². The third-order valence-corrected chi connectivity index (χ3v) is 5.07. The minimum atomic E-state index is -1.43. The zero-order valence-electron chi connectivity index (χ0n) is 14.7. The number of ether oxygens (including phenoxy) is 1. The molecule has 2 aliphatic rings. The molecule has 0 aromatic heterocycles.